The highest BCUT2D eigenvalue weighted by Crippen LogP contribution is 2.37. The summed E-state index contributed by atoms with van der Waals surface area (Å²) in [5.74, 6) is 1.79. The van der Waals surface area contributed by atoms with Gasteiger partial charge in [-0.15, -0.1) is 0 Å². The van der Waals surface area contributed by atoms with E-state index >= 15 is 0 Å². The zero-order valence-corrected chi connectivity index (χ0v) is 16.9. The Labute approximate surface area is 178 Å². The van der Waals surface area contributed by atoms with Crippen LogP contribution in [-0.2, 0) is 6.54 Å². The lowest BCUT2D eigenvalue weighted by atomic mass is 9.83. The Morgan fingerprint density at radius 2 is 1.94 bits per heavy atom. The van der Waals surface area contributed by atoms with E-state index in [4.69, 9.17) is 9.47 Å². The first kappa shape index (κ1) is 18.2. The standard InChI is InChI=1S/C23H22N4O4/c28-21-3-1-2-18-16-8-14(12-27(18)21)11-26(13-16)23(29)17-10-24-25-22(17)15-4-5-19-20(9-15)31-7-6-30-19/h1-5,9-10,14,16H,6-8,11-13H2,(H,24,25)/t14-,16+/m1/s1. The first-order valence-corrected chi connectivity index (χ1v) is 10.6. The zero-order chi connectivity index (χ0) is 20.9. The number of nitrogens with zero attached hydrogens (tertiary/aromatic N) is 3. The third-order valence-corrected chi connectivity index (χ3v) is 6.47. The number of benzene rings is 1. The number of piperidine rings is 1. The van der Waals surface area contributed by atoms with Crippen LogP contribution in [0.2, 0.25) is 0 Å². The van der Waals surface area contributed by atoms with E-state index in [1.807, 2.05) is 39.8 Å². The Balaban J connectivity index is 1.30. The maximum Gasteiger partial charge on any atom is 0.257 e. The molecule has 3 aliphatic rings. The van der Waals surface area contributed by atoms with Crippen LogP contribution in [0.4, 0.5) is 0 Å². The smallest absolute Gasteiger partial charge is 0.257 e. The highest BCUT2D eigenvalue weighted by molar-refractivity contribution is 6.00. The number of hydrogen-bond acceptors (Lipinski definition) is 5. The Hall–Kier alpha value is -3.55. The molecule has 1 amide bonds. The summed E-state index contributed by atoms with van der Waals surface area (Å²) >= 11 is 0. The molecule has 1 N–H and O–H groups in total. The second-order valence-electron chi connectivity index (χ2n) is 8.43. The number of fused-ring (bicyclic) bond motifs is 5. The number of carbonyl (C=O) groups is 1. The summed E-state index contributed by atoms with van der Waals surface area (Å²) in [6.07, 6.45) is 2.60. The molecule has 0 spiro atoms. The van der Waals surface area contributed by atoms with Gasteiger partial charge in [-0.25, -0.2) is 0 Å². The molecule has 158 valence electrons. The van der Waals surface area contributed by atoms with Crippen LogP contribution >= 0.6 is 0 Å². The molecule has 2 aromatic heterocycles. The minimum Gasteiger partial charge on any atom is -0.486 e. The Morgan fingerprint density at radius 1 is 1.06 bits per heavy atom. The molecule has 2 atom stereocenters. The van der Waals surface area contributed by atoms with Gasteiger partial charge in [0.25, 0.3) is 11.5 Å². The van der Waals surface area contributed by atoms with Gasteiger partial charge in [0, 0.05) is 42.9 Å². The van der Waals surface area contributed by atoms with Crippen molar-refractivity contribution < 1.29 is 14.3 Å². The molecule has 0 radical (unpaired) electrons. The normalized spacial score (nSPS) is 21.5. The summed E-state index contributed by atoms with van der Waals surface area (Å²) in [6.45, 7) is 2.95. The number of aromatic amines is 1. The number of nitrogens with one attached hydrogen (secondary N) is 1. The minimum atomic E-state index is -0.0416. The second kappa shape index (κ2) is 7.01. The number of carbonyl (C=O) groups excluding carboxylic acids is 1. The van der Waals surface area contributed by atoms with Crippen molar-refractivity contribution >= 4 is 5.91 Å². The van der Waals surface area contributed by atoms with Crippen LogP contribution in [-0.4, -0.2) is 51.9 Å². The van der Waals surface area contributed by atoms with Crippen LogP contribution in [0.1, 0.15) is 28.4 Å². The van der Waals surface area contributed by atoms with Crippen LogP contribution in [0.15, 0.2) is 47.4 Å². The van der Waals surface area contributed by atoms with Crippen LogP contribution < -0.4 is 15.0 Å². The van der Waals surface area contributed by atoms with Crippen molar-refractivity contribution in [2.75, 3.05) is 26.3 Å². The van der Waals surface area contributed by atoms with Crippen molar-refractivity contribution in [2.45, 2.75) is 18.9 Å². The molecule has 3 aromatic rings. The number of rotatable bonds is 2. The molecule has 1 aromatic carbocycles. The third kappa shape index (κ3) is 3.01. The van der Waals surface area contributed by atoms with Gasteiger partial charge in [-0.1, -0.05) is 6.07 Å². The molecule has 6 rings (SSSR count). The summed E-state index contributed by atoms with van der Waals surface area (Å²) in [4.78, 5) is 27.7. The van der Waals surface area contributed by atoms with Crippen molar-refractivity contribution in [1.82, 2.24) is 19.7 Å². The number of pyridine rings is 1. The predicted molar refractivity (Wildman–Crippen MR) is 112 cm³/mol. The summed E-state index contributed by atoms with van der Waals surface area (Å²) < 4.78 is 13.2. The average Bonchev–Trinajstić information content (AvgIpc) is 3.29. The van der Waals surface area contributed by atoms with Gasteiger partial charge in [-0.05, 0) is 36.6 Å². The van der Waals surface area contributed by atoms with E-state index in [2.05, 4.69) is 10.2 Å². The SMILES string of the molecule is O=C(c1cn[nH]c1-c1ccc2c(c1)OCCO2)N1C[C@H]2C[C@@H](C1)c1cccc(=O)n1C2. The largest absolute Gasteiger partial charge is 0.486 e. The molecule has 8 heteroatoms. The van der Waals surface area contributed by atoms with E-state index in [-0.39, 0.29) is 23.3 Å². The summed E-state index contributed by atoms with van der Waals surface area (Å²) in [7, 11) is 0. The van der Waals surface area contributed by atoms with Gasteiger partial charge in [-0.2, -0.15) is 5.10 Å². The highest BCUT2D eigenvalue weighted by Gasteiger charge is 2.37. The van der Waals surface area contributed by atoms with Gasteiger partial charge in [0.15, 0.2) is 11.5 Å². The predicted octanol–water partition coefficient (Wildman–Crippen LogP) is 2.27. The molecule has 8 nitrogen and oxygen atoms in total. The molecule has 31 heavy (non-hydrogen) atoms. The fourth-order valence-corrected chi connectivity index (χ4v) is 5.10. The first-order chi connectivity index (χ1) is 15.2. The van der Waals surface area contributed by atoms with Gasteiger partial charge >= 0.3 is 0 Å². The Kier molecular flexibility index (Phi) is 4.12. The maximum atomic E-state index is 13.5. The fourth-order valence-electron chi connectivity index (χ4n) is 5.10. The molecule has 3 aliphatic heterocycles. The van der Waals surface area contributed by atoms with E-state index in [9.17, 15) is 9.59 Å². The number of H-pyrrole nitrogens is 1. The fraction of sp³-hybridized carbons (Fsp3) is 0.348. The maximum absolute atomic E-state index is 13.5. The Morgan fingerprint density at radius 3 is 2.84 bits per heavy atom. The quantitative estimate of drug-likeness (QED) is 0.690. The molecular weight excluding hydrogens is 396 g/mol. The summed E-state index contributed by atoms with van der Waals surface area (Å²) in [6, 6.07) is 11.1. The number of likely N-dealkylation sites (tertiary alicyclic amines) is 1. The van der Waals surface area contributed by atoms with E-state index in [1.54, 1.807) is 12.3 Å². The third-order valence-electron chi connectivity index (χ3n) is 6.47. The molecular formula is C23H22N4O4. The van der Waals surface area contributed by atoms with Gasteiger partial charge in [-0.3, -0.25) is 14.7 Å². The molecule has 1 saturated heterocycles. The number of amides is 1. The monoisotopic (exact) mass is 418 g/mol. The summed E-state index contributed by atoms with van der Waals surface area (Å²) in [5, 5.41) is 7.14. The lowest BCUT2D eigenvalue weighted by molar-refractivity contribution is 0.0595. The number of ether oxygens (including phenoxy) is 2. The minimum absolute atomic E-state index is 0.0416. The first-order valence-electron chi connectivity index (χ1n) is 10.6. The lowest BCUT2D eigenvalue weighted by Gasteiger charge is -2.42. The zero-order valence-electron chi connectivity index (χ0n) is 16.9. The summed E-state index contributed by atoms with van der Waals surface area (Å²) in [5.41, 5.74) is 3.12. The van der Waals surface area contributed by atoms with Crippen molar-refractivity contribution in [2.24, 2.45) is 5.92 Å². The van der Waals surface area contributed by atoms with Gasteiger partial charge in [0.2, 0.25) is 0 Å². The Bertz CT molecular complexity index is 1230. The average molecular weight is 418 g/mol. The highest BCUT2D eigenvalue weighted by atomic mass is 16.6. The van der Waals surface area contributed by atoms with Crippen molar-refractivity contribution in [1.29, 1.82) is 0 Å². The van der Waals surface area contributed by atoms with Crippen LogP contribution in [0.25, 0.3) is 11.3 Å². The van der Waals surface area contributed by atoms with Crippen LogP contribution in [0, 0.1) is 5.92 Å². The molecule has 0 unspecified atom stereocenters. The van der Waals surface area contributed by atoms with Gasteiger partial charge in [0.1, 0.15) is 13.2 Å². The molecule has 5 heterocycles. The van der Waals surface area contributed by atoms with Crippen molar-refractivity contribution in [3.8, 4) is 22.8 Å². The topological polar surface area (TPSA) is 89.5 Å². The van der Waals surface area contributed by atoms with E-state index in [1.165, 1.54) is 0 Å². The second-order valence-corrected chi connectivity index (χ2v) is 8.43. The number of aromatic nitrogens is 3. The molecule has 0 aliphatic carbocycles. The molecule has 1 fully saturated rings. The van der Waals surface area contributed by atoms with Gasteiger partial charge < -0.3 is 18.9 Å². The van der Waals surface area contributed by atoms with Crippen molar-refractivity contribution in [3.63, 3.8) is 0 Å². The van der Waals surface area contributed by atoms with Crippen LogP contribution in [0.3, 0.4) is 0 Å². The molecule has 0 saturated carbocycles. The lowest BCUT2D eigenvalue weighted by Crippen LogP contribution is -2.49. The molecule has 2 bridgehead atoms. The van der Waals surface area contributed by atoms with E-state index < -0.39 is 0 Å². The van der Waals surface area contributed by atoms with Gasteiger partial charge in [0.05, 0.1) is 17.5 Å². The number of hydrogen-bond donors (Lipinski definition) is 1. The van der Waals surface area contributed by atoms with E-state index in [0.717, 1.165) is 17.7 Å². The van der Waals surface area contributed by atoms with Crippen molar-refractivity contribution in [3.05, 3.63) is 64.2 Å². The van der Waals surface area contributed by atoms with Crippen LogP contribution in [0.5, 0.6) is 11.5 Å². The van der Waals surface area contributed by atoms with E-state index in [0.29, 0.717) is 55.6 Å².